The Morgan fingerprint density at radius 3 is 2.89 bits per heavy atom. The summed E-state index contributed by atoms with van der Waals surface area (Å²) in [5, 5.41) is 11.6. The zero-order valence-electron chi connectivity index (χ0n) is 16.5. The summed E-state index contributed by atoms with van der Waals surface area (Å²) in [5.74, 6) is 0.786. The molecule has 0 radical (unpaired) electrons. The van der Waals surface area contributed by atoms with Crippen LogP contribution < -0.4 is 5.56 Å². The lowest BCUT2D eigenvalue weighted by molar-refractivity contribution is -0.0820. The average Bonchev–Trinajstić information content (AvgIpc) is 3.15. The number of likely N-dealkylation sites (tertiary alicyclic amines) is 1. The smallest absolute Gasteiger partial charge is 0.261 e. The maximum absolute atomic E-state index is 13.2. The van der Waals surface area contributed by atoms with Crippen molar-refractivity contribution in [1.82, 2.24) is 14.5 Å². The normalized spacial score (nSPS) is 22.7. The topological polar surface area (TPSA) is 76.8 Å². The van der Waals surface area contributed by atoms with Gasteiger partial charge in [-0.2, -0.15) is 0 Å². The molecule has 0 bridgehead atoms. The fourth-order valence-corrected chi connectivity index (χ4v) is 4.43. The number of para-hydroxylation sites is 1. The van der Waals surface area contributed by atoms with Gasteiger partial charge in [-0.15, -0.1) is 0 Å². The number of benzene rings is 1. The van der Waals surface area contributed by atoms with E-state index in [1.54, 1.807) is 11.7 Å². The maximum Gasteiger partial charge on any atom is 0.261 e. The molecule has 0 spiro atoms. The summed E-state index contributed by atoms with van der Waals surface area (Å²) in [7, 11) is 1.64. The van der Waals surface area contributed by atoms with E-state index in [1.165, 1.54) is 0 Å². The highest BCUT2D eigenvalue weighted by molar-refractivity contribution is 5.77. The van der Waals surface area contributed by atoms with E-state index in [0.29, 0.717) is 51.1 Å². The summed E-state index contributed by atoms with van der Waals surface area (Å²) in [6, 6.07) is 7.53. The van der Waals surface area contributed by atoms with Gasteiger partial charge in [-0.3, -0.25) is 14.3 Å². The molecular formula is C21H29N3O4. The number of hydrogen-bond donors (Lipinski definition) is 1. The van der Waals surface area contributed by atoms with E-state index in [2.05, 4.69) is 4.90 Å². The van der Waals surface area contributed by atoms with E-state index in [1.807, 2.05) is 24.3 Å². The van der Waals surface area contributed by atoms with Gasteiger partial charge >= 0.3 is 0 Å². The van der Waals surface area contributed by atoms with Crippen molar-refractivity contribution in [3.63, 3.8) is 0 Å². The molecule has 3 heterocycles. The summed E-state index contributed by atoms with van der Waals surface area (Å²) >= 11 is 0. The number of β-amino-alcohol motifs (C(OH)–C–C–N with tert-alkyl or cyclic N) is 1. The predicted molar refractivity (Wildman–Crippen MR) is 106 cm³/mol. The second kappa shape index (κ2) is 8.29. The van der Waals surface area contributed by atoms with Crippen molar-refractivity contribution in [2.24, 2.45) is 0 Å². The van der Waals surface area contributed by atoms with Crippen LogP contribution in [0.2, 0.25) is 0 Å². The third-order valence-electron chi connectivity index (χ3n) is 5.99. The van der Waals surface area contributed by atoms with Crippen LogP contribution in [-0.4, -0.2) is 65.2 Å². The van der Waals surface area contributed by atoms with Gasteiger partial charge in [0, 0.05) is 39.7 Å². The van der Waals surface area contributed by atoms with Crippen molar-refractivity contribution in [3.8, 4) is 0 Å². The molecule has 1 aromatic heterocycles. The van der Waals surface area contributed by atoms with Crippen molar-refractivity contribution in [1.29, 1.82) is 0 Å². The van der Waals surface area contributed by atoms with E-state index in [-0.39, 0.29) is 11.6 Å². The molecule has 2 fully saturated rings. The summed E-state index contributed by atoms with van der Waals surface area (Å²) in [5.41, 5.74) is -0.0166. The molecule has 1 N–H and O–H groups in total. The summed E-state index contributed by atoms with van der Waals surface area (Å²) in [6.07, 6.45) is 3.27. The van der Waals surface area contributed by atoms with Crippen LogP contribution in [0.3, 0.4) is 0 Å². The second-order valence-corrected chi connectivity index (χ2v) is 7.90. The molecule has 2 aliphatic heterocycles. The molecule has 0 amide bonds. The summed E-state index contributed by atoms with van der Waals surface area (Å²) in [4.78, 5) is 20.3. The van der Waals surface area contributed by atoms with Gasteiger partial charge in [-0.25, -0.2) is 4.98 Å². The molecule has 152 valence electrons. The molecule has 1 aromatic carbocycles. The lowest BCUT2D eigenvalue weighted by atomic mass is 9.93. The van der Waals surface area contributed by atoms with E-state index in [4.69, 9.17) is 14.5 Å². The number of rotatable bonds is 6. The highest BCUT2D eigenvalue weighted by atomic mass is 16.5. The molecule has 0 saturated carbocycles. The number of aromatic nitrogens is 2. The average molecular weight is 387 g/mol. The fraction of sp³-hybridized carbons (Fsp3) is 0.619. The Balaban J connectivity index is 1.70. The Kier molecular flexibility index (Phi) is 5.78. The van der Waals surface area contributed by atoms with Crippen LogP contribution in [0.15, 0.2) is 29.1 Å². The van der Waals surface area contributed by atoms with Gasteiger partial charge in [-0.05, 0) is 31.5 Å². The number of methoxy groups -OCH3 is 1. The summed E-state index contributed by atoms with van der Waals surface area (Å²) in [6.45, 7) is 3.63. The van der Waals surface area contributed by atoms with Crippen molar-refractivity contribution in [2.75, 3.05) is 40.0 Å². The van der Waals surface area contributed by atoms with E-state index >= 15 is 0 Å². The first kappa shape index (κ1) is 19.5. The highest BCUT2D eigenvalue weighted by Crippen LogP contribution is 2.34. The van der Waals surface area contributed by atoms with E-state index < -0.39 is 5.60 Å². The first-order chi connectivity index (χ1) is 13.6. The van der Waals surface area contributed by atoms with Gasteiger partial charge in [0.15, 0.2) is 0 Å². The molecule has 4 rings (SSSR count). The largest absolute Gasteiger partial charge is 0.388 e. The second-order valence-electron chi connectivity index (χ2n) is 7.90. The Bertz CT molecular complexity index is 876. The molecule has 7 heteroatoms. The predicted octanol–water partition coefficient (Wildman–Crippen LogP) is 1.72. The minimum atomic E-state index is -0.727. The zero-order valence-corrected chi connectivity index (χ0v) is 16.5. The molecule has 28 heavy (non-hydrogen) atoms. The SMILES string of the molecule is COCCn1c(C2CCCN2CC2(O)CCOCC2)nc2ccccc2c1=O. The molecule has 0 aliphatic carbocycles. The Hall–Kier alpha value is -1.80. The Morgan fingerprint density at radius 1 is 1.32 bits per heavy atom. The third-order valence-corrected chi connectivity index (χ3v) is 5.99. The molecule has 2 aromatic rings. The standard InChI is InChI=1S/C21H29N3O4/c1-27-14-11-24-19(22-17-6-3-2-5-16(17)20(24)25)18-7-4-10-23(18)15-21(26)8-12-28-13-9-21/h2-3,5-6,18,26H,4,7-15H2,1H3. The van der Waals surface area contributed by atoms with Gasteiger partial charge < -0.3 is 14.6 Å². The minimum Gasteiger partial charge on any atom is -0.388 e. The van der Waals surface area contributed by atoms with Crippen molar-refractivity contribution in [3.05, 3.63) is 40.4 Å². The quantitative estimate of drug-likeness (QED) is 0.813. The number of aliphatic hydroxyl groups is 1. The molecule has 1 atom stereocenters. The van der Waals surface area contributed by atoms with E-state index in [0.717, 1.165) is 30.7 Å². The van der Waals surface area contributed by atoms with Crippen molar-refractivity contribution >= 4 is 10.9 Å². The molecule has 1 unspecified atom stereocenters. The van der Waals surface area contributed by atoms with Gasteiger partial charge in [0.1, 0.15) is 5.82 Å². The number of fused-ring (bicyclic) bond motifs is 1. The van der Waals surface area contributed by atoms with Crippen LogP contribution in [0.5, 0.6) is 0 Å². The van der Waals surface area contributed by atoms with Crippen LogP contribution in [0, 0.1) is 0 Å². The number of ether oxygens (including phenoxy) is 2. The van der Waals surface area contributed by atoms with Crippen LogP contribution in [0.1, 0.15) is 37.5 Å². The maximum atomic E-state index is 13.2. The number of hydrogen-bond acceptors (Lipinski definition) is 6. The summed E-state index contributed by atoms with van der Waals surface area (Å²) < 4.78 is 12.4. The van der Waals surface area contributed by atoms with Crippen LogP contribution in [0.25, 0.3) is 10.9 Å². The van der Waals surface area contributed by atoms with Crippen LogP contribution in [-0.2, 0) is 16.0 Å². The van der Waals surface area contributed by atoms with Crippen LogP contribution >= 0.6 is 0 Å². The van der Waals surface area contributed by atoms with Crippen molar-refractivity contribution in [2.45, 2.75) is 43.9 Å². The third kappa shape index (κ3) is 3.85. The zero-order chi connectivity index (χ0) is 19.6. The first-order valence-corrected chi connectivity index (χ1v) is 10.1. The van der Waals surface area contributed by atoms with Crippen molar-refractivity contribution < 1.29 is 14.6 Å². The fourth-order valence-electron chi connectivity index (χ4n) is 4.43. The van der Waals surface area contributed by atoms with Gasteiger partial charge in [0.05, 0.1) is 35.7 Å². The minimum absolute atomic E-state index is 0.0192. The lowest BCUT2D eigenvalue weighted by Gasteiger charge is -2.37. The van der Waals surface area contributed by atoms with Crippen LogP contribution in [0.4, 0.5) is 0 Å². The van der Waals surface area contributed by atoms with Gasteiger partial charge in [0.25, 0.3) is 5.56 Å². The highest BCUT2D eigenvalue weighted by Gasteiger charge is 2.38. The Labute approximate surface area is 164 Å². The van der Waals surface area contributed by atoms with E-state index in [9.17, 15) is 9.90 Å². The molecular weight excluding hydrogens is 358 g/mol. The molecule has 7 nitrogen and oxygen atoms in total. The first-order valence-electron chi connectivity index (χ1n) is 10.1. The lowest BCUT2D eigenvalue weighted by Crippen LogP contribution is -2.47. The molecule has 2 saturated heterocycles. The Morgan fingerprint density at radius 2 is 2.11 bits per heavy atom. The molecule has 2 aliphatic rings. The number of nitrogens with zero attached hydrogens (tertiary/aromatic N) is 3. The van der Waals surface area contributed by atoms with Gasteiger partial charge in [0.2, 0.25) is 0 Å². The monoisotopic (exact) mass is 387 g/mol. The van der Waals surface area contributed by atoms with Gasteiger partial charge in [-0.1, -0.05) is 12.1 Å².